The number of piperidine rings is 2. The molecule has 0 aromatic heterocycles. The van der Waals surface area contributed by atoms with E-state index >= 15 is 0 Å². The van der Waals surface area contributed by atoms with Crippen LogP contribution < -0.4 is 15.4 Å². The average molecular weight is 716 g/mol. The largest absolute Gasteiger partial charge is 0.489 e. The van der Waals surface area contributed by atoms with Crippen LogP contribution in [-0.4, -0.2) is 77.2 Å². The van der Waals surface area contributed by atoms with E-state index in [1.165, 1.54) is 0 Å². The maximum absolute atomic E-state index is 13.4. The van der Waals surface area contributed by atoms with Gasteiger partial charge >= 0.3 is 0 Å². The molecule has 3 heterocycles. The van der Waals surface area contributed by atoms with E-state index in [2.05, 4.69) is 49.3 Å². The van der Waals surface area contributed by atoms with Crippen molar-refractivity contribution in [3.05, 3.63) is 64.2 Å². The maximum Gasteiger partial charge on any atom is 0.251 e. The number of benzene rings is 2. The Morgan fingerprint density at radius 3 is 2.33 bits per heavy atom. The molecule has 5 amide bonds. The van der Waals surface area contributed by atoms with Gasteiger partial charge in [0.05, 0.1) is 16.0 Å². The number of carbonyl (C=O) groups excluding carboxylic acids is 5. The number of ether oxygens (including phenoxy) is 1. The molecule has 2 aromatic carbocycles. The molecule has 51 heavy (non-hydrogen) atoms. The topological polar surface area (TPSA) is 149 Å². The second-order valence-electron chi connectivity index (χ2n) is 15.8. The van der Waals surface area contributed by atoms with Crippen molar-refractivity contribution in [2.75, 3.05) is 19.6 Å². The van der Waals surface area contributed by atoms with Crippen LogP contribution in [0.1, 0.15) is 94.1 Å². The molecule has 1 saturated carbocycles. The molecule has 2 aromatic rings. The lowest BCUT2D eigenvalue weighted by atomic mass is 9.49. The normalized spacial score (nSPS) is 25.3. The quantitative estimate of drug-likeness (QED) is 0.264. The zero-order valence-electron chi connectivity index (χ0n) is 29.7. The molecule has 3 saturated heterocycles. The Morgan fingerprint density at radius 1 is 1.02 bits per heavy atom. The summed E-state index contributed by atoms with van der Waals surface area (Å²) in [5, 5.41) is 15.0. The van der Waals surface area contributed by atoms with Crippen molar-refractivity contribution in [3.8, 4) is 11.8 Å². The molecule has 4 fully saturated rings. The summed E-state index contributed by atoms with van der Waals surface area (Å²) in [5.74, 6) is -1.04. The van der Waals surface area contributed by atoms with Gasteiger partial charge in [-0.1, -0.05) is 51.4 Å². The number of hydrogen-bond acceptors (Lipinski definition) is 8. The number of rotatable bonds is 10. The van der Waals surface area contributed by atoms with Crippen LogP contribution >= 0.6 is 11.6 Å². The standard InChI is InChI=1S/C39H46ClN5O6/c1-37(2)34(38(3,4)35(37)51-27-13-12-26(23-41)28(40)21-27)43-32(48)25-10-8-24(9-11-25)7-5-6-18-44-19-16-39(17-20-44)22-31(47)45(36(39)50)29-14-15-30(46)42-33(29)49/h8-13,21,29,34-35H,5-7,14-20,22H2,1-4H3,(H,43,48)(H,42,46,49)/t29?,34-,35-. The van der Waals surface area contributed by atoms with Crippen molar-refractivity contribution in [1.29, 1.82) is 5.26 Å². The number of amides is 5. The Labute approximate surface area is 304 Å². The van der Waals surface area contributed by atoms with Crippen LogP contribution in [0.2, 0.25) is 5.02 Å². The Bertz CT molecular complexity index is 1760. The Balaban J connectivity index is 0.934. The molecule has 1 atom stereocenters. The predicted octanol–water partition coefficient (Wildman–Crippen LogP) is 4.79. The van der Waals surface area contributed by atoms with Crippen molar-refractivity contribution >= 4 is 41.1 Å². The fourth-order valence-electron chi connectivity index (χ4n) is 8.96. The molecule has 1 spiro atoms. The predicted molar refractivity (Wildman–Crippen MR) is 190 cm³/mol. The highest BCUT2D eigenvalue weighted by Crippen LogP contribution is 2.55. The zero-order chi connectivity index (χ0) is 36.7. The summed E-state index contributed by atoms with van der Waals surface area (Å²) in [5.41, 5.74) is 0.706. The molecule has 1 aliphatic carbocycles. The van der Waals surface area contributed by atoms with Gasteiger partial charge in [-0.3, -0.25) is 34.2 Å². The van der Waals surface area contributed by atoms with E-state index in [0.29, 0.717) is 34.7 Å². The number of unbranched alkanes of at least 4 members (excludes halogenated alkanes) is 1. The fourth-order valence-corrected chi connectivity index (χ4v) is 9.17. The lowest BCUT2D eigenvalue weighted by molar-refractivity contribution is -0.164. The van der Waals surface area contributed by atoms with Crippen LogP contribution in [0.4, 0.5) is 0 Å². The van der Waals surface area contributed by atoms with Crippen molar-refractivity contribution < 1.29 is 28.7 Å². The van der Waals surface area contributed by atoms with Crippen molar-refractivity contribution in [2.45, 2.75) is 97.2 Å². The van der Waals surface area contributed by atoms with E-state index in [9.17, 15) is 29.2 Å². The van der Waals surface area contributed by atoms with E-state index in [1.54, 1.807) is 18.2 Å². The molecule has 1 unspecified atom stereocenters. The number of nitriles is 1. The number of likely N-dealkylation sites (tertiary alicyclic amines) is 2. The Kier molecular flexibility index (Phi) is 10.1. The summed E-state index contributed by atoms with van der Waals surface area (Å²) in [4.78, 5) is 67.0. The first-order valence-electron chi connectivity index (χ1n) is 17.8. The molecule has 0 radical (unpaired) electrons. The molecule has 12 heteroatoms. The number of nitrogens with one attached hydrogen (secondary N) is 2. The number of halogens is 1. The highest BCUT2D eigenvalue weighted by Gasteiger charge is 2.64. The lowest BCUT2D eigenvalue weighted by Crippen LogP contribution is -2.74. The molecular weight excluding hydrogens is 670 g/mol. The second kappa shape index (κ2) is 14.0. The number of nitrogens with zero attached hydrogens (tertiary/aromatic N) is 3. The van der Waals surface area contributed by atoms with Gasteiger partial charge in [0.2, 0.25) is 23.6 Å². The van der Waals surface area contributed by atoms with Gasteiger partial charge in [-0.2, -0.15) is 5.26 Å². The van der Waals surface area contributed by atoms with Gasteiger partial charge in [0.15, 0.2) is 0 Å². The number of carbonyl (C=O) groups is 5. The van der Waals surface area contributed by atoms with Gasteiger partial charge in [-0.05, 0) is 88.0 Å². The minimum atomic E-state index is -0.888. The molecule has 4 aliphatic rings. The third-order valence-electron chi connectivity index (χ3n) is 11.6. The summed E-state index contributed by atoms with van der Waals surface area (Å²) < 4.78 is 6.34. The maximum atomic E-state index is 13.4. The number of hydrogen-bond donors (Lipinski definition) is 2. The summed E-state index contributed by atoms with van der Waals surface area (Å²) in [7, 11) is 0. The van der Waals surface area contributed by atoms with Crippen LogP contribution in [0.15, 0.2) is 42.5 Å². The SMILES string of the molecule is CC1(C)[C@H](NC(=O)c2ccc(CCCCN3CCC4(CC3)CC(=O)N(C3CCC(=O)NC3=O)C4=O)cc2)C(C)(C)[C@H]1Oc1ccc(C#N)c(Cl)c1. The van der Waals surface area contributed by atoms with E-state index in [0.717, 1.165) is 49.4 Å². The van der Waals surface area contributed by atoms with Crippen molar-refractivity contribution in [2.24, 2.45) is 16.2 Å². The highest BCUT2D eigenvalue weighted by molar-refractivity contribution is 6.31. The minimum Gasteiger partial charge on any atom is -0.489 e. The average Bonchev–Trinajstić information content (AvgIpc) is 3.33. The molecule has 0 bridgehead atoms. The summed E-state index contributed by atoms with van der Waals surface area (Å²) in [6.45, 7) is 10.7. The van der Waals surface area contributed by atoms with Gasteiger partial charge in [0.1, 0.15) is 24.0 Å². The fraction of sp³-hybridized carbons (Fsp3) is 0.538. The number of imide groups is 2. The first-order valence-corrected chi connectivity index (χ1v) is 18.2. The zero-order valence-corrected chi connectivity index (χ0v) is 30.5. The van der Waals surface area contributed by atoms with E-state index < -0.39 is 17.4 Å². The third kappa shape index (κ3) is 7.01. The number of aryl methyl sites for hydroxylation is 1. The molecular formula is C39H46ClN5O6. The van der Waals surface area contributed by atoms with Crippen LogP contribution in [0.5, 0.6) is 5.75 Å². The smallest absolute Gasteiger partial charge is 0.251 e. The summed E-state index contributed by atoms with van der Waals surface area (Å²) in [6, 6.07) is 13.9. The molecule has 270 valence electrons. The van der Waals surface area contributed by atoms with Crippen LogP contribution in [-0.2, 0) is 25.6 Å². The second-order valence-corrected chi connectivity index (χ2v) is 16.2. The first-order chi connectivity index (χ1) is 24.2. The highest BCUT2D eigenvalue weighted by atomic mass is 35.5. The first kappa shape index (κ1) is 36.5. The lowest BCUT2D eigenvalue weighted by Gasteiger charge is -2.63. The van der Waals surface area contributed by atoms with Gasteiger partial charge in [0, 0.05) is 41.3 Å². The van der Waals surface area contributed by atoms with Gasteiger partial charge in [-0.25, -0.2) is 0 Å². The van der Waals surface area contributed by atoms with Gasteiger partial charge in [-0.15, -0.1) is 0 Å². The monoisotopic (exact) mass is 715 g/mol. The minimum absolute atomic E-state index is 0.127. The van der Waals surface area contributed by atoms with Crippen LogP contribution in [0, 0.1) is 27.6 Å². The van der Waals surface area contributed by atoms with E-state index in [4.69, 9.17) is 16.3 Å². The van der Waals surface area contributed by atoms with Crippen molar-refractivity contribution in [1.82, 2.24) is 20.4 Å². The molecule has 11 nitrogen and oxygen atoms in total. The summed E-state index contributed by atoms with van der Waals surface area (Å²) in [6.07, 6.45) is 4.27. The van der Waals surface area contributed by atoms with Crippen LogP contribution in [0.25, 0.3) is 0 Å². The molecule has 6 rings (SSSR count). The van der Waals surface area contributed by atoms with Crippen molar-refractivity contribution in [3.63, 3.8) is 0 Å². The Hall–Kier alpha value is -4.27. The molecule has 2 N–H and O–H groups in total. The van der Waals surface area contributed by atoms with E-state index in [-0.39, 0.29) is 65.9 Å². The Morgan fingerprint density at radius 2 is 1.71 bits per heavy atom. The van der Waals surface area contributed by atoms with E-state index in [1.807, 2.05) is 24.3 Å². The van der Waals surface area contributed by atoms with Gasteiger partial charge < -0.3 is 15.0 Å². The molecule has 3 aliphatic heterocycles. The third-order valence-corrected chi connectivity index (χ3v) is 11.9. The summed E-state index contributed by atoms with van der Waals surface area (Å²) >= 11 is 6.22. The van der Waals surface area contributed by atoms with Gasteiger partial charge in [0.25, 0.3) is 5.91 Å². The van der Waals surface area contributed by atoms with Crippen LogP contribution in [0.3, 0.4) is 0 Å².